The average molecular weight is 244 g/mol. The Morgan fingerprint density at radius 3 is 1.65 bits per heavy atom. The lowest BCUT2D eigenvalue weighted by atomic mass is 10.1. The number of hydrogen-bond donors (Lipinski definition) is 0. The summed E-state index contributed by atoms with van der Waals surface area (Å²) in [7, 11) is -1.28. The van der Waals surface area contributed by atoms with E-state index in [0.29, 0.717) is 32.8 Å². The van der Waals surface area contributed by atoms with Crippen LogP contribution in [0.5, 0.6) is 0 Å². The quantitative estimate of drug-likeness (QED) is 0.521. The molecule has 2 fully saturated rings. The van der Waals surface area contributed by atoms with Gasteiger partial charge < -0.3 is 27.9 Å². The van der Waals surface area contributed by atoms with Gasteiger partial charge in [-0.25, -0.2) is 0 Å². The third-order valence-corrected chi connectivity index (χ3v) is 2.45. The summed E-state index contributed by atoms with van der Waals surface area (Å²) in [5, 5.41) is 0. The molecule has 0 amide bonds. The van der Waals surface area contributed by atoms with E-state index in [-0.39, 0.29) is 0 Å². The first-order valence-corrected chi connectivity index (χ1v) is 6.16. The molecule has 17 heavy (non-hydrogen) atoms. The maximum absolute atomic E-state index is 5.52. The van der Waals surface area contributed by atoms with Crippen molar-refractivity contribution in [3.63, 3.8) is 0 Å². The van der Waals surface area contributed by atoms with E-state index in [4.69, 9.17) is 27.9 Å². The molecule has 6 nitrogen and oxygen atoms in total. The molecule has 8 heteroatoms. The number of hydrogen-bond acceptors (Lipinski definition) is 6. The Kier molecular flexibility index (Phi) is 5.76. The zero-order valence-electron chi connectivity index (χ0n) is 10.1. The van der Waals surface area contributed by atoms with Gasteiger partial charge >= 0.3 is 14.6 Å². The van der Waals surface area contributed by atoms with Gasteiger partial charge in [-0.2, -0.15) is 0 Å². The molecule has 96 valence electrons. The summed E-state index contributed by atoms with van der Waals surface area (Å²) in [6.07, 6.45) is 2.02. The second-order valence-corrected chi connectivity index (χ2v) is 3.88. The van der Waals surface area contributed by atoms with E-state index in [1.54, 1.807) is 0 Å². The van der Waals surface area contributed by atoms with Gasteiger partial charge in [0.1, 0.15) is 6.29 Å². The van der Waals surface area contributed by atoms with E-state index in [9.17, 15) is 0 Å². The predicted octanol–water partition coefficient (Wildman–Crippen LogP) is 0.599. The van der Waals surface area contributed by atoms with Crippen LogP contribution in [-0.2, 0) is 27.9 Å². The molecule has 0 spiro atoms. The summed E-state index contributed by atoms with van der Waals surface area (Å²) in [6, 6.07) is 0. The summed E-state index contributed by atoms with van der Waals surface area (Å²) >= 11 is 0. The fourth-order valence-corrected chi connectivity index (χ4v) is 1.56. The lowest BCUT2D eigenvalue weighted by molar-refractivity contribution is -0.0918. The molecule has 0 radical (unpaired) electrons. The van der Waals surface area contributed by atoms with Gasteiger partial charge in [-0.1, -0.05) is 6.92 Å². The monoisotopic (exact) mass is 244 g/mol. The van der Waals surface area contributed by atoms with Crippen LogP contribution in [0.3, 0.4) is 0 Å². The van der Waals surface area contributed by atoms with Crippen molar-refractivity contribution in [3.05, 3.63) is 0 Å². The minimum atomic E-state index is -0.641. The molecule has 2 heterocycles. The molecular formula is C9H18B2O6. The Labute approximate surface area is 102 Å². The van der Waals surface area contributed by atoms with Crippen molar-refractivity contribution in [1.29, 1.82) is 0 Å². The molecule has 2 aliphatic rings. The number of rotatable bonds is 5. The molecule has 0 aliphatic carbocycles. The lowest BCUT2D eigenvalue weighted by Crippen LogP contribution is -2.42. The van der Waals surface area contributed by atoms with Gasteiger partial charge in [-0.05, 0) is 19.3 Å². The molecule has 0 aromatic rings. The van der Waals surface area contributed by atoms with Crippen molar-refractivity contribution in [1.82, 2.24) is 0 Å². The summed E-state index contributed by atoms with van der Waals surface area (Å²) in [5.41, 5.74) is 0. The molecule has 2 rings (SSSR count). The maximum Gasteiger partial charge on any atom is 0.641 e. The third kappa shape index (κ3) is 4.57. The molecule has 0 saturated carbocycles. The predicted molar refractivity (Wildman–Crippen MR) is 60.8 cm³/mol. The summed E-state index contributed by atoms with van der Waals surface area (Å²) < 4.78 is 32.2. The van der Waals surface area contributed by atoms with Crippen LogP contribution in [0.15, 0.2) is 0 Å². The SMILES string of the molecule is CCC(OB1OCCCO1)OB1OCCCO1. The van der Waals surface area contributed by atoms with Crippen LogP contribution in [0.1, 0.15) is 26.2 Å². The van der Waals surface area contributed by atoms with Crippen molar-refractivity contribution in [2.45, 2.75) is 32.5 Å². The van der Waals surface area contributed by atoms with Crippen molar-refractivity contribution < 1.29 is 27.9 Å². The summed E-state index contributed by atoms with van der Waals surface area (Å²) in [6.45, 7) is 4.56. The highest BCUT2D eigenvalue weighted by Crippen LogP contribution is 2.12. The van der Waals surface area contributed by atoms with Crippen LogP contribution in [0.4, 0.5) is 0 Å². The minimum absolute atomic E-state index is 0.443. The molecule has 0 atom stereocenters. The second-order valence-electron chi connectivity index (χ2n) is 3.88. The van der Waals surface area contributed by atoms with Gasteiger partial charge in [0.15, 0.2) is 0 Å². The zero-order valence-corrected chi connectivity index (χ0v) is 10.1. The van der Waals surface area contributed by atoms with Crippen LogP contribution in [-0.4, -0.2) is 47.4 Å². The van der Waals surface area contributed by atoms with E-state index < -0.39 is 20.9 Å². The minimum Gasteiger partial charge on any atom is -0.386 e. The first kappa shape index (κ1) is 13.3. The normalized spacial score (nSPS) is 22.2. The topological polar surface area (TPSA) is 55.4 Å². The molecule has 0 aromatic heterocycles. The maximum atomic E-state index is 5.52. The smallest absolute Gasteiger partial charge is 0.386 e. The van der Waals surface area contributed by atoms with Crippen molar-refractivity contribution >= 4 is 14.6 Å². The lowest BCUT2D eigenvalue weighted by Gasteiger charge is -2.27. The van der Waals surface area contributed by atoms with E-state index >= 15 is 0 Å². The van der Waals surface area contributed by atoms with Gasteiger partial charge in [0, 0.05) is 26.4 Å². The molecule has 2 aliphatic heterocycles. The Hall–Kier alpha value is -0.110. The highest BCUT2D eigenvalue weighted by atomic mass is 16.8. The van der Waals surface area contributed by atoms with Gasteiger partial charge in [0.2, 0.25) is 0 Å². The van der Waals surface area contributed by atoms with Gasteiger partial charge in [-0.15, -0.1) is 0 Å². The van der Waals surface area contributed by atoms with E-state index in [0.717, 1.165) is 12.8 Å². The molecular weight excluding hydrogens is 226 g/mol. The van der Waals surface area contributed by atoms with Gasteiger partial charge in [-0.3, -0.25) is 0 Å². The van der Waals surface area contributed by atoms with Crippen LogP contribution in [0, 0.1) is 0 Å². The second kappa shape index (κ2) is 7.35. The Morgan fingerprint density at radius 2 is 1.29 bits per heavy atom. The highest BCUT2D eigenvalue weighted by Gasteiger charge is 2.33. The van der Waals surface area contributed by atoms with Crippen LogP contribution < -0.4 is 0 Å². The first-order chi connectivity index (χ1) is 8.38. The molecule has 0 aromatic carbocycles. The average Bonchev–Trinajstić information content (AvgIpc) is 2.40. The van der Waals surface area contributed by atoms with Crippen molar-refractivity contribution in [2.75, 3.05) is 26.4 Å². The Morgan fingerprint density at radius 1 is 0.882 bits per heavy atom. The standard InChI is InChI=1S/C9H18B2O6/c1-2-9(16-10-12-5-3-6-13-10)17-11-14-7-4-8-15-11/h9H,2-8H2,1H3. The van der Waals surface area contributed by atoms with E-state index in [1.807, 2.05) is 6.92 Å². The Bertz CT molecular complexity index is 188. The summed E-state index contributed by atoms with van der Waals surface area (Å²) in [5.74, 6) is 0. The van der Waals surface area contributed by atoms with Crippen LogP contribution in [0.25, 0.3) is 0 Å². The summed E-state index contributed by atoms with van der Waals surface area (Å²) in [4.78, 5) is 0. The molecule has 0 unspecified atom stereocenters. The van der Waals surface area contributed by atoms with Gasteiger partial charge in [0.05, 0.1) is 0 Å². The first-order valence-electron chi connectivity index (χ1n) is 6.16. The fourth-order valence-electron chi connectivity index (χ4n) is 1.56. The highest BCUT2D eigenvalue weighted by molar-refractivity contribution is 6.37. The largest absolute Gasteiger partial charge is 0.641 e. The van der Waals surface area contributed by atoms with E-state index in [1.165, 1.54) is 0 Å². The Balaban J connectivity index is 1.71. The van der Waals surface area contributed by atoms with Crippen LogP contribution in [0.2, 0.25) is 0 Å². The third-order valence-electron chi connectivity index (χ3n) is 2.45. The molecule has 2 saturated heterocycles. The van der Waals surface area contributed by atoms with Crippen molar-refractivity contribution in [2.24, 2.45) is 0 Å². The van der Waals surface area contributed by atoms with Crippen LogP contribution >= 0.6 is 0 Å². The molecule has 0 bridgehead atoms. The fraction of sp³-hybridized carbons (Fsp3) is 1.00. The van der Waals surface area contributed by atoms with Crippen molar-refractivity contribution in [3.8, 4) is 0 Å². The zero-order chi connectivity index (χ0) is 11.9. The van der Waals surface area contributed by atoms with E-state index in [2.05, 4.69) is 0 Å². The molecule has 0 N–H and O–H groups in total. The van der Waals surface area contributed by atoms with Gasteiger partial charge in [0.25, 0.3) is 0 Å².